The Morgan fingerprint density at radius 2 is 1.65 bits per heavy atom. The van der Waals surface area contributed by atoms with E-state index in [9.17, 15) is 22.8 Å². The van der Waals surface area contributed by atoms with E-state index in [1.807, 2.05) is 4.90 Å². The first-order valence-electron chi connectivity index (χ1n) is 17.4. The summed E-state index contributed by atoms with van der Waals surface area (Å²) < 4.78 is 76.7. The Morgan fingerprint density at radius 1 is 0.939 bits per heavy atom. The van der Waals surface area contributed by atoms with Crippen molar-refractivity contribution < 1.29 is 41.4 Å². The molecule has 0 spiro atoms. The lowest BCUT2D eigenvalue weighted by molar-refractivity contribution is -0.146. The lowest BCUT2D eigenvalue weighted by Gasteiger charge is -2.37. The van der Waals surface area contributed by atoms with E-state index in [0.29, 0.717) is 66.6 Å². The van der Waals surface area contributed by atoms with E-state index in [4.69, 9.17) is 14.2 Å². The fourth-order valence-electron chi connectivity index (χ4n) is 8.65. The molecule has 6 rings (SSSR count). The van der Waals surface area contributed by atoms with Crippen LogP contribution in [0, 0.1) is 11.8 Å². The maximum atomic E-state index is 16.6. The Hall–Kier alpha value is -3.38. The highest BCUT2D eigenvalue weighted by Gasteiger charge is 2.52. The van der Waals surface area contributed by atoms with Gasteiger partial charge in [0.1, 0.15) is 5.75 Å². The predicted octanol–water partition coefficient (Wildman–Crippen LogP) is 6.32. The first-order valence-corrected chi connectivity index (χ1v) is 17.4. The van der Waals surface area contributed by atoms with Crippen molar-refractivity contribution in [3.05, 3.63) is 47.5 Å². The SMILES string of the molecule is COC[C@H]1CN(C(=O)[C@@]2(F)CCN(C3CCCC3)C2)C[C@@H]1c1c(-c2ccccc2OC)cc(C(F)(F)F)cc1N1CCC(C(=O)OC)CC1. The fraction of sp³-hybridized carbons (Fsp3) is 0.622. The van der Waals surface area contributed by atoms with Crippen molar-refractivity contribution in [2.45, 2.75) is 68.8 Å². The molecule has 268 valence electrons. The minimum atomic E-state index is -4.65. The highest BCUT2D eigenvalue weighted by Crippen LogP contribution is 2.49. The number of para-hydroxylation sites is 1. The number of carbonyl (C=O) groups is 2. The van der Waals surface area contributed by atoms with Crippen LogP contribution in [0.25, 0.3) is 11.1 Å². The molecule has 0 bridgehead atoms. The molecule has 4 aliphatic rings. The number of esters is 1. The van der Waals surface area contributed by atoms with Crippen molar-refractivity contribution >= 4 is 17.6 Å². The van der Waals surface area contributed by atoms with Crippen LogP contribution < -0.4 is 9.64 Å². The van der Waals surface area contributed by atoms with Crippen LogP contribution in [-0.4, -0.2) is 101 Å². The van der Waals surface area contributed by atoms with Crippen LogP contribution >= 0.6 is 0 Å². The molecule has 0 radical (unpaired) electrons. The molecule has 49 heavy (non-hydrogen) atoms. The summed E-state index contributed by atoms with van der Waals surface area (Å²) >= 11 is 0. The highest BCUT2D eigenvalue weighted by molar-refractivity contribution is 5.87. The van der Waals surface area contributed by atoms with E-state index >= 15 is 4.39 Å². The van der Waals surface area contributed by atoms with Crippen molar-refractivity contribution in [3.63, 3.8) is 0 Å². The molecule has 2 aromatic carbocycles. The van der Waals surface area contributed by atoms with Gasteiger partial charge in [-0.15, -0.1) is 0 Å². The monoisotopic (exact) mass is 689 g/mol. The van der Waals surface area contributed by atoms with Crippen LogP contribution in [-0.2, 0) is 25.2 Å². The minimum Gasteiger partial charge on any atom is -0.496 e. The number of hydrogen-bond acceptors (Lipinski definition) is 7. The van der Waals surface area contributed by atoms with Gasteiger partial charge in [-0.05, 0) is 55.0 Å². The molecule has 1 aliphatic carbocycles. The van der Waals surface area contributed by atoms with Gasteiger partial charge in [-0.1, -0.05) is 31.0 Å². The third-order valence-electron chi connectivity index (χ3n) is 11.2. The second-order valence-corrected chi connectivity index (χ2v) is 14.1. The lowest BCUT2D eigenvalue weighted by atomic mass is 9.81. The average molecular weight is 690 g/mol. The molecule has 2 aromatic rings. The number of amides is 1. The zero-order chi connectivity index (χ0) is 34.9. The largest absolute Gasteiger partial charge is 0.496 e. The smallest absolute Gasteiger partial charge is 0.416 e. The van der Waals surface area contributed by atoms with Crippen LogP contribution in [0.2, 0.25) is 0 Å². The van der Waals surface area contributed by atoms with Crippen molar-refractivity contribution in [3.8, 4) is 16.9 Å². The fourth-order valence-corrected chi connectivity index (χ4v) is 8.65. The van der Waals surface area contributed by atoms with Crippen LogP contribution in [0.15, 0.2) is 36.4 Å². The third-order valence-corrected chi connectivity index (χ3v) is 11.2. The average Bonchev–Trinajstić information content (AvgIpc) is 3.88. The van der Waals surface area contributed by atoms with Gasteiger partial charge >= 0.3 is 12.1 Å². The summed E-state index contributed by atoms with van der Waals surface area (Å²) in [5.74, 6) is -1.59. The van der Waals surface area contributed by atoms with Gasteiger partial charge in [0.05, 0.1) is 32.3 Å². The molecule has 0 unspecified atom stereocenters. The molecule has 3 heterocycles. The summed E-state index contributed by atoms with van der Waals surface area (Å²) in [6, 6.07) is 9.62. The normalized spacial score (nSPS) is 25.7. The maximum absolute atomic E-state index is 16.6. The van der Waals surface area contributed by atoms with Gasteiger partial charge in [0.2, 0.25) is 5.67 Å². The van der Waals surface area contributed by atoms with Gasteiger partial charge in [-0.25, -0.2) is 4.39 Å². The Bertz CT molecular complexity index is 1510. The minimum absolute atomic E-state index is 0.0692. The molecule has 1 saturated carbocycles. The second-order valence-electron chi connectivity index (χ2n) is 14.1. The molecule has 3 aliphatic heterocycles. The third kappa shape index (κ3) is 7.13. The Kier molecular flexibility index (Phi) is 10.5. The van der Waals surface area contributed by atoms with Crippen LogP contribution in [0.1, 0.15) is 62.0 Å². The van der Waals surface area contributed by atoms with Crippen LogP contribution in [0.5, 0.6) is 5.75 Å². The molecule has 0 N–H and O–H groups in total. The van der Waals surface area contributed by atoms with Crippen LogP contribution in [0.3, 0.4) is 0 Å². The number of nitrogens with zero attached hydrogens (tertiary/aromatic N) is 3. The zero-order valence-corrected chi connectivity index (χ0v) is 28.6. The maximum Gasteiger partial charge on any atom is 0.416 e. The van der Waals surface area contributed by atoms with Gasteiger partial charge in [0, 0.05) is 81.9 Å². The number of anilines is 1. The summed E-state index contributed by atoms with van der Waals surface area (Å²) in [5.41, 5.74) is -0.957. The summed E-state index contributed by atoms with van der Waals surface area (Å²) in [7, 11) is 4.37. The molecule has 4 fully saturated rings. The molecule has 1 amide bonds. The summed E-state index contributed by atoms with van der Waals surface area (Å²) in [4.78, 5) is 32.0. The van der Waals surface area contributed by atoms with Gasteiger partial charge in [-0.3, -0.25) is 14.5 Å². The number of carbonyl (C=O) groups excluding carboxylic acids is 2. The number of piperidine rings is 1. The van der Waals surface area contributed by atoms with E-state index in [1.54, 1.807) is 36.3 Å². The number of alkyl halides is 4. The topological polar surface area (TPSA) is 71.6 Å². The first kappa shape index (κ1) is 35.4. The standard InChI is InChI=1S/C37H47F4N3O5/c1-47-22-25-20-44(35(46)36(38)14-17-43(23-36)27-8-4-5-9-27)21-30(25)33-29(28-10-6-7-11-32(28)48-2)18-26(37(39,40)41)19-31(33)42-15-12-24(13-16-42)34(45)49-3/h6-7,10-11,18-19,24-25,27,30H,4-5,8-9,12-17,20-23H2,1-3H3/t25-,30+,36-/m1/s1. The van der Waals surface area contributed by atoms with Crippen molar-refractivity contribution in [2.75, 3.05) is 72.1 Å². The number of methoxy groups -OCH3 is 3. The molecular formula is C37H47F4N3O5. The van der Waals surface area contributed by atoms with Crippen LogP contribution in [0.4, 0.5) is 23.2 Å². The highest BCUT2D eigenvalue weighted by atomic mass is 19.4. The number of rotatable bonds is 9. The Labute approximate surface area is 285 Å². The Balaban J connectivity index is 1.43. The lowest BCUT2D eigenvalue weighted by Crippen LogP contribution is -2.48. The molecule has 3 saturated heterocycles. The van der Waals surface area contributed by atoms with Gasteiger partial charge in [0.25, 0.3) is 5.91 Å². The number of halogens is 4. The molecule has 3 atom stereocenters. The van der Waals surface area contributed by atoms with E-state index in [0.717, 1.165) is 25.7 Å². The quantitative estimate of drug-likeness (QED) is 0.226. The molecular weight excluding hydrogens is 642 g/mol. The second kappa shape index (κ2) is 14.5. The van der Waals surface area contributed by atoms with Crippen molar-refractivity contribution in [2.24, 2.45) is 11.8 Å². The van der Waals surface area contributed by atoms with E-state index in [1.165, 1.54) is 26.4 Å². The van der Waals surface area contributed by atoms with E-state index < -0.39 is 29.2 Å². The van der Waals surface area contributed by atoms with E-state index in [-0.39, 0.29) is 50.5 Å². The van der Waals surface area contributed by atoms with Crippen molar-refractivity contribution in [1.82, 2.24) is 9.80 Å². The van der Waals surface area contributed by atoms with Gasteiger partial charge in [-0.2, -0.15) is 13.2 Å². The summed E-state index contributed by atoms with van der Waals surface area (Å²) in [6.07, 6.45) is 0.598. The Morgan fingerprint density at radius 3 is 2.31 bits per heavy atom. The number of hydrogen-bond donors (Lipinski definition) is 0. The molecule has 12 heteroatoms. The van der Waals surface area contributed by atoms with E-state index in [2.05, 4.69) is 4.90 Å². The first-order chi connectivity index (χ1) is 23.5. The number of likely N-dealkylation sites (tertiary alicyclic amines) is 2. The number of benzene rings is 2. The predicted molar refractivity (Wildman–Crippen MR) is 177 cm³/mol. The molecule has 0 aromatic heterocycles. The zero-order valence-electron chi connectivity index (χ0n) is 28.6. The van der Waals surface area contributed by atoms with Gasteiger partial charge in [0.15, 0.2) is 0 Å². The number of ether oxygens (including phenoxy) is 3. The summed E-state index contributed by atoms with van der Waals surface area (Å²) in [6.45, 7) is 1.89. The summed E-state index contributed by atoms with van der Waals surface area (Å²) in [5, 5.41) is 0. The molecule has 8 nitrogen and oxygen atoms in total. The van der Waals surface area contributed by atoms with Gasteiger partial charge < -0.3 is 24.0 Å². The van der Waals surface area contributed by atoms with Crippen molar-refractivity contribution in [1.29, 1.82) is 0 Å².